The van der Waals surface area contributed by atoms with E-state index in [-0.39, 0.29) is 40.6 Å². The van der Waals surface area contributed by atoms with Crippen molar-refractivity contribution in [1.29, 1.82) is 10.5 Å². The molecule has 10 heteroatoms. The van der Waals surface area contributed by atoms with Crippen molar-refractivity contribution in [2.24, 2.45) is 0 Å². The average molecular weight is 431 g/mol. The molecule has 8 nitrogen and oxygen atoms in total. The molecule has 0 N–H and O–H groups in total. The van der Waals surface area contributed by atoms with Crippen LogP contribution in [0.5, 0.6) is 0 Å². The van der Waals surface area contributed by atoms with E-state index >= 15 is 0 Å². The van der Waals surface area contributed by atoms with Crippen LogP contribution in [0.1, 0.15) is 18.1 Å². The van der Waals surface area contributed by atoms with Gasteiger partial charge in [-0.1, -0.05) is 24.3 Å². The molecule has 1 heterocycles. The molecule has 0 saturated carbocycles. The molecule has 2 aromatic rings. The van der Waals surface area contributed by atoms with Crippen LogP contribution in [0.4, 0.5) is 0 Å². The summed E-state index contributed by atoms with van der Waals surface area (Å²) in [6.45, 7) is 1.44. The Kier molecular flexibility index (Phi) is 5.73. The number of rotatable bonds is 4. The first-order valence-electron chi connectivity index (χ1n) is 8.73. The van der Waals surface area contributed by atoms with Crippen molar-refractivity contribution >= 4 is 20.0 Å². The van der Waals surface area contributed by atoms with Gasteiger partial charge in [0.2, 0.25) is 20.0 Å². The lowest BCUT2D eigenvalue weighted by Gasteiger charge is -2.38. The number of nitrogens with zero attached hydrogens (tertiary/aromatic N) is 4. The highest BCUT2D eigenvalue weighted by Gasteiger charge is 2.39. The minimum Gasteiger partial charge on any atom is -0.207 e. The van der Waals surface area contributed by atoms with Crippen molar-refractivity contribution in [3.8, 4) is 12.1 Å². The second-order valence-electron chi connectivity index (χ2n) is 6.54. The summed E-state index contributed by atoms with van der Waals surface area (Å²) in [4.78, 5) is -0.193. The minimum atomic E-state index is -3.96. The Hall–Kier alpha value is -2.76. The fourth-order valence-electron chi connectivity index (χ4n) is 3.32. The van der Waals surface area contributed by atoms with Crippen molar-refractivity contribution in [1.82, 2.24) is 8.61 Å². The lowest BCUT2D eigenvalue weighted by molar-refractivity contribution is 0.212. The van der Waals surface area contributed by atoms with Gasteiger partial charge in [-0.2, -0.15) is 19.1 Å². The van der Waals surface area contributed by atoms with Crippen molar-refractivity contribution in [3.05, 3.63) is 59.7 Å². The van der Waals surface area contributed by atoms with E-state index in [0.717, 1.165) is 0 Å². The van der Waals surface area contributed by atoms with E-state index in [2.05, 4.69) is 0 Å². The third kappa shape index (κ3) is 3.76. The Labute approximate surface area is 170 Å². The van der Waals surface area contributed by atoms with Gasteiger partial charge in [-0.25, -0.2) is 16.8 Å². The van der Waals surface area contributed by atoms with Gasteiger partial charge in [0.25, 0.3) is 0 Å². The van der Waals surface area contributed by atoms with Gasteiger partial charge in [0.05, 0.1) is 20.9 Å². The molecular formula is C19H18N4O4S2. The Morgan fingerprint density at radius 2 is 1.31 bits per heavy atom. The van der Waals surface area contributed by atoms with Gasteiger partial charge in [-0.05, 0) is 31.2 Å². The summed E-state index contributed by atoms with van der Waals surface area (Å²) in [5.74, 6) is 0. The Bertz CT molecular complexity index is 1230. The Morgan fingerprint density at radius 1 is 0.828 bits per heavy atom. The summed E-state index contributed by atoms with van der Waals surface area (Å²) in [7, 11) is -7.91. The number of piperazine rings is 1. The summed E-state index contributed by atoms with van der Waals surface area (Å²) in [5.41, 5.74) is 0.0795. The summed E-state index contributed by atoms with van der Waals surface area (Å²) >= 11 is 0. The van der Waals surface area contributed by atoms with Gasteiger partial charge in [0.15, 0.2) is 0 Å². The van der Waals surface area contributed by atoms with Gasteiger partial charge in [0.1, 0.15) is 12.1 Å². The number of benzene rings is 2. The van der Waals surface area contributed by atoms with E-state index in [4.69, 9.17) is 0 Å². The highest BCUT2D eigenvalue weighted by Crippen LogP contribution is 2.27. The van der Waals surface area contributed by atoms with E-state index in [1.807, 2.05) is 12.1 Å². The van der Waals surface area contributed by atoms with E-state index in [1.165, 1.54) is 45.0 Å². The van der Waals surface area contributed by atoms with E-state index in [1.54, 1.807) is 19.1 Å². The SMILES string of the molecule is C[C@@H]1CN(S(=O)(=O)c2ccccc2C#N)CCN1S(=O)(=O)c1ccccc1C#N. The van der Waals surface area contributed by atoms with Crippen LogP contribution in [0.25, 0.3) is 0 Å². The van der Waals surface area contributed by atoms with Crippen LogP contribution >= 0.6 is 0 Å². The highest BCUT2D eigenvalue weighted by molar-refractivity contribution is 7.89. The number of sulfonamides is 2. The molecule has 3 rings (SSSR count). The van der Waals surface area contributed by atoms with Gasteiger partial charge in [-0.3, -0.25) is 0 Å². The number of hydrogen-bond donors (Lipinski definition) is 0. The fourth-order valence-corrected chi connectivity index (χ4v) is 6.73. The normalized spacial score (nSPS) is 18.7. The molecular weight excluding hydrogens is 412 g/mol. The van der Waals surface area contributed by atoms with Gasteiger partial charge in [-0.15, -0.1) is 0 Å². The van der Waals surface area contributed by atoms with Crippen molar-refractivity contribution < 1.29 is 16.8 Å². The maximum absolute atomic E-state index is 13.1. The maximum Gasteiger partial charge on any atom is 0.244 e. The minimum absolute atomic E-state index is 0.0395. The largest absolute Gasteiger partial charge is 0.244 e. The number of hydrogen-bond acceptors (Lipinski definition) is 6. The molecule has 0 bridgehead atoms. The first kappa shape index (κ1) is 21.0. The third-order valence-electron chi connectivity index (χ3n) is 4.75. The molecule has 0 aliphatic carbocycles. The second-order valence-corrected chi connectivity index (χ2v) is 10.3. The molecule has 0 spiro atoms. The predicted octanol–water partition coefficient (Wildman–Crippen LogP) is 1.51. The molecule has 150 valence electrons. The lowest BCUT2D eigenvalue weighted by atomic mass is 10.2. The molecule has 1 atom stereocenters. The van der Waals surface area contributed by atoms with Gasteiger partial charge >= 0.3 is 0 Å². The Balaban J connectivity index is 1.90. The topological polar surface area (TPSA) is 122 Å². The van der Waals surface area contributed by atoms with Crippen molar-refractivity contribution in [3.63, 3.8) is 0 Å². The first-order chi connectivity index (χ1) is 13.7. The third-order valence-corrected chi connectivity index (χ3v) is 8.74. The van der Waals surface area contributed by atoms with Crippen LogP contribution in [0, 0.1) is 22.7 Å². The predicted molar refractivity (Wildman–Crippen MR) is 104 cm³/mol. The molecule has 1 aliphatic heterocycles. The molecule has 2 aromatic carbocycles. The molecule has 0 radical (unpaired) electrons. The molecule has 1 fully saturated rings. The number of nitriles is 2. The molecule has 0 unspecified atom stereocenters. The van der Waals surface area contributed by atoms with Gasteiger partial charge in [0, 0.05) is 25.7 Å². The first-order valence-corrected chi connectivity index (χ1v) is 11.6. The fraction of sp³-hybridized carbons (Fsp3) is 0.263. The van der Waals surface area contributed by atoms with Crippen LogP contribution in [-0.2, 0) is 20.0 Å². The average Bonchev–Trinajstić information content (AvgIpc) is 2.73. The van der Waals surface area contributed by atoms with Crippen LogP contribution in [-0.4, -0.2) is 51.1 Å². The molecule has 1 aliphatic rings. The molecule has 0 aromatic heterocycles. The van der Waals surface area contributed by atoms with E-state index < -0.39 is 26.1 Å². The van der Waals surface area contributed by atoms with Gasteiger partial charge < -0.3 is 0 Å². The van der Waals surface area contributed by atoms with E-state index in [0.29, 0.717) is 0 Å². The standard InChI is InChI=1S/C19H18N4O4S2/c1-15-14-22(28(24,25)18-8-4-2-6-16(18)12-20)10-11-23(15)29(26,27)19-9-5-3-7-17(19)13-21/h2-9,15H,10-11,14H2,1H3/t15-/m1/s1. The Morgan fingerprint density at radius 3 is 1.79 bits per heavy atom. The zero-order chi connectivity index (χ0) is 21.2. The lowest BCUT2D eigenvalue weighted by Crippen LogP contribution is -2.55. The van der Waals surface area contributed by atoms with Crippen molar-refractivity contribution in [2.45, 2.75) is 22.8 Å². The second kappa shape index (κ2) is 7.93. The molecule has 29 heavy (non-hydrogen) atoms. The summed E-state index contributed by atoms with van der Waals surface area (Å²) < 4.78 is 54.5. The zero-order valence-electron chi connectivity index (χ0n) is 15.6. The zero-order valence-corrected chi connectivity index (χ0v) is 17.2. The summed E-state index contributed by atoms with van der Waals surface area (Å²) in [6.07, 6.45) is 0. The maximum atomic E-state index is 13.1. The van der Waals surface area contributed by atoms with Crippen LogP contribution < -0.4 is 0 Å². The smallest absolute Gasteiger partial charge is 0.207 e. The van der Waals surface area contributed by atoms with Crippen LogP contribution in [0.2, 0.25) is 0 Å². The van der Waals surface area contributed by atoms with Crippen molar-refractivity contribution in [2.75, 3.05) is 19.6 Å². The summed E-state index contributed by atoms with van der Waals surface area (Å²) in [6, 6.07) is 14.9. The van der Waals surface area contributed by atoms with E-state index in [9.17, 15) is 27.4 Å². The van der Waals surface area contributed by atoms with Crippen LogP contribution in [0.3, 0.4) is 0 Å². The van der Waals surface area contributed by atoms with Crippen LogP contribution in [0.15, 0.2) is 58.3 Å². The molecule has 0 amide bonds. The molecule has 1 saturated heterocycles. The monoisotopic (exact) mass is 430 g/mol. The highest BCUT2D eigenvalue weighted by atomic mass is 32.2. The quantitative estimate of drug-likeness (QED) is 0.725. The summed E-state index contributed by atoms with van der Waals surface area (Å²) in [5, 5.41) is 18.4.